The van der Waals surface area contributed by atoms with Gasteiger partial charge in [-0.25, -0.2) is 9.97 Å². The fourth-order valence-electron chi connectivity index (χ4n) is 3.59. The fourth-order valence-corrected chi connectivity index (χ4v) is 5.86. The van der Waals surface area contributed by atoms with Gasteiger partial charge >= 0.3 is 0 Å². The second-order valence-corrected chi connectivity index (χ2v) is 9.29. The van der Waals surface area contributed by atoms with Gasteiger partial charge in [-0.3, -0.25) is 4.79 Å². The SMILES string of the molecule is C[C@H](Sc1ncnc2sc3c(c12)CCC3)C(=O)NCc1ccc2c(c1)OCO2. The van der Waals surface area contributed by atoms with E-state index in [0.29, 0.717) is 6.54 Å². The molecule has 1 amide bonds. The summed E-state index contributed by atoms with van der Waals surface area (Å²) in [6, 6.07) is 5.72. The van der Waals surface area contributed by atoms with E-state index in [2.05, 4.69) is 15.3 Å². The normalized spacial score (nSPS) is 15.6. The number of carbonyl (C=O) groups is 1. The molecule has 0 bridgehead atoms. The number of benzene rings is 1. The van der Waals surface area contributed by atoms with Gasteiger partial charge in [0.1, 0.15) is 16.2 Å². The van der Waals surface area contributed by atoms with Crippen molar-refractivity contribution in [2.75, 3.05) is 6.79 Å². The van der Waals surface area contributed by atoms with Crippen molar-refractivity contribution in [2.45, 2.75) is 43.0 Å². The number of rotatable bonds is 5. The van der Waals surface area contributed by atoms with E-state index in [0.717, 1.165) is 45.1 Å². The molecule has 1 atom stereocenters. The van der Waals surface area contributed by atoms with E-state index in [1.54, 1.807) is 17.7 Å². The van der Waals surface area contributed by atoms with Crippen molar-refractivity contribution in [2.24, 2.45) is 0 Å². The van der Waals surface area contributed by atoms with Gasteiger partial charge in [-0.2, -0.15) is 0 Å². The number of hydrogen-bond acceptors (Lipinski definition) is 7. The minimum atomic E-state index is -0.246. The first-order chi connectivity index (χ1) is 13.7. The Balaban J connectivity index is 1.27. The predicted molar refractivity (Wildman–Crippen MR) is 109 cm³/mol. The van der Waals surface area contributed by atoms with E-state index in [1.165, 1.54) is 28.6 Å². The topological polar surface area (TPSA) is 73.3 Å². The summed E-state index contributed by atoms with van der Waals surface area (Å²) < 4.78 is 10.7. The Morgan fingerprint density at radius 2 is 2.18 bits per heavy atom. The van der Waals surface area contributed by atoms with Crippen LogP contribution in [0.25, 0.3) is 10.2 Å². The molecule has 0 saturated heterocycles. The number of fused-ring (bicyclic) bond motifs is 4. The van der Waals surface area contributed by atoms with Gasteiger partial charge in [-0.05, 0) is 49.4 Å². The van der Waals surface area contributed by atoms with Crippen LogP contribution in [0.1, 0.15) is 29.3 Å². The number of thioether (sulfide) groups is 1. The molecule has 8 heteroatoms. The highest BCUT2D eigenvalue weighted by molar-refractivity contribution is 8.00. The molecular formula is C20H19N3O3S2. The number of aromatic nitrogens is 2. The van der Waals surface area contributed by atoms with E-state index in [1.807, 2.05) is 25.1 Å². The maximum Gasteiger partial charge on any atom is 0.233 e. The van der Waals surface area contributed by atoms with Crippen LogP contribution in [0, 0.1) is 0 Å². The van der Waals surface area contributed by atoms with Crippen LogP contribution in [0.5, 0.6) is 11.5 Å². The van der Waals surface area contributed by atoms with Gasteiger partial charge in [0, 0.05) is 16.8 Å². The van der Waals surface area contributed by atoms with Crippen molar-refractivity contribution in [1.29, 1.82) is 0 Å². The molecule has 0 spiro atoms. The van der Waals surface area contributed by atoms with E-state index in [-0.39, 0.29) is 18.0 Å². The molecule has 28 heavy (non-hydrogen) atoms. The molecule has 1 N–H and O–H groups in total. The number of carbonyl (C=O) groups excluding carboxylic acids is 1. The van der Waals surface area contributed by atoms with Crippen LogP contribution in [0.4, 0.5) is 0 Å². The summed E-state index contributed by atoms with van der Waals surface area (Å²) in [5, 5.41) is 4.83. The number of nitrogens with one attached hydrogen (secondary N) is 1. The molecule has 2 aliphatic rings. The van der Waals surface area contributed by atoms with Crippen LogP contribution >= 0.6 is 23.1 Å². The smallest absolute Gasteiger partial charge is 0.233 e. The molecule has 3 aromatic rings. The number of hydrogen-bond donors (Lipinski definition) is 1. The number of ether oxygens (including phenoxy) is 2. The molecular weight excluding hydrogens is 394 g/mol. The molecule has 2 aromatic heterocycles. The lowest BCUT2D eigenvalue weighted by Crippen LogP contribution is -2.30. The standard InChI is InChI=1S/C20H19N3O3S2/c1-11(18(24)21-8-12-5-6-14-15(7-12)26-10-25-14)27-19-17-13-3-2-4-16(13)28-20(17)23-9-22-19/h5-7,9,11H,2-4,8,10H2,1H3,(H,21,24)/t11-/m0/s1. The Hall–Kier alpha value is -2.32. The van der Waals surface area contributed by atoms with Crippen molar-refractivity contribution in [3.63, 3.8) is 0 Å². The summed E-state index contributed by atoms with van der Waals surface area (Å²) in [6.07, 6.45) is 5.02. The Labute approximate surface area is 170 Å². The zero-order valence-electron chi connectivity index (χ0n) is 15.4. The summed E-state index contributed by atoms with van der Waals surface area (Å²) in [6.45, 7) is 2.62. The fraction of sp³-hybridized carbons (Fsp3) is 0.350. The highest BCUT2D eigenvalue weighted by Gasteiger charge is 2.24. The summed E-state index contributed by atoms with van der Waals surface area (Å²) in [5.41, 5.74) is 2.37. The minimum absolute atomic E-state index is 0.0127. The van der Waals surface area contributed by atoms with E-state index < -0.39 is 0 Å². The minimum Gasteiger partial charge on any atom is -0.454 e. The third-order valence-electron chi connectivity index (χ3n) is 5.03. The molecule has 5 rings (SSSR count). The lowest BCUT2D eigenvalue weighted by atomic mass is 10.2. The average molecular weight is 414 g/mol. The maximum atomic E-state index is 12.6. The number of amides is 1. The third kappa shape index (κ3) is 3.20. The van der Waals surface area contributed by atoms with E-state index >= 15 is 0 Å². The molecule has 144 valence electrons. The second-order valence-electron chi connectivity index (χ2n) is 6.88. The molecule has 6 nitrogen and oxygen atoms in total. The largest absolute Gasteiger partial charge is 0.454 e. The quantitative estimate of drug-likeness (QED) is 0.508. The van der Waals surface area contributed by atoms with Gasteiger partial charge < -0.3 is 14.8 Å². The van der Waals surface area contributed by atoms with Crippen molar-refractivity contribution in [3.8, 4) is 11.5 Å². The monoisotopic (exact) mass is 413 g/mol. The zero-order valence-corrected chi connectivity index (χ0v) is 17.0. The summed E-state index contributed by atoms with van der Waals surface area (Å²) >= 11 is 3.27. The van der Waals surface area contributed by atoms with Gasteiger partial charge in [-0.15, -0.1) is 11.3 Å². The zero-order chi connectivity index (χ0) is 19.1. The van der Waals surface area contributed by atoms with Crippen molar-refractivity contribution in [1.82, 2.24) is 15.3 Å². The molecule has 3 heterocycles. The Morgan fingerprint density at radius 1 is 1.29 bits per heavy atom. The van der Waals surface area contributed by atoms with Gasteiger partial charge in [0.2, 0.25) is 12.7 Å². The molecule has 1 aromatic carbocycles. The predicted octanol–water partition coefficient (Wildman–Crippen LogP) is 3.71. The van der Waals surface area contributed by atoms with Crippen LogP contribution in [0.3, 0.4) is 0 Å². The van der Waals surface area contributed by atoms with Crippen LogP contribution in [-0.2, 0) is 24.2 Å². The number of aryl methyl sites for hydroxylation is 2. The first-order valence-corrected chi connectivity index (χ1v) is 11.0. The van der Waals surface area contributed by atoms with Gasteiger partial charge in [0.05, 0.1) is 5.25 Å². The maximum absolute atomic E-state index is 12.6. The highest BCUT2D eigenvalue weighted by Crippen LogP contribution is 2.40. The van der Waals surface area contributed by atoms with E-state index in [4.69, 9.17) is 9.47 Å². The van der Waals surface area contributed by atoms with Gasteiger partial charge in [0.25, 0.3) is 0 Å². The van der Waals surface area contributed by atoms with Crippen LogP contribution in [0.15, 0.2) is 29.6 Å². The molecule has 0 fully saturated rings. The first kappa shape index (κ1) is 17.8. The van der Waals surface area contributed by atoms with Crippen LogP contribution < -0.4 is 14.8 Å². The molecule has 1 aliphatic heterocycles. The van der Waals surface area contributed by atoms with Gasteiger partial charge in [-0.1, -0.05) is 17.8 Å². The number of nitrogens with zero attached hydrogens (tertiary/aromatic N) is 2. The lowest BCUT2D eigenvalue weighted by Gasteiger charge is -2.12. The molecule has 1 aliphatic carbocycles. The summed E-state index contributed by atoms with van der Waals surface area (Å²) in [4.78, 5) is 24.0. The Kier molecular flexibility index (Phi) is 4.60. The molecule has 0 saturated carbocycles. The highest BCUT2D eigenvalue weighted by atomic mass is 32.2. The van der Waals surface area contributed by atoms with E-state index in [9.17, 15) is 4.79 Å². The third-order valence-corrected chi connectivity index (χ3v) is 7.33. The van der Waals surface area contributed by atoms with Crippen molar-refractivity contribution in [3.05, 3.63) is 40.5 Å². The lowest BCUT2D eigenvalue weighted by molar-refractivity contribution is -0.120. The summed E-state index contributed by atoms with van der Waals surface area (Å²) in [7, 11) is 0. The van der Waals surface area contributed by atoms with Crippen molar-refractivity contribution < 1.29 is 14.3 Å². The first-order valence-electron chi connectivity index (χ1n) is 9.27. The Morgan fingerprint density at radius 3 is 3.11 bits per heavy atom. The van der Waals surface area contributed by atoms with Gasteiger partial charge in [0.15, 0.2) is 11.5 Å². The summed E-state index contributed by atoms with van der Waals surface area (Å²) in [5.74, 6) is 1.46. The van der Waals surface area contributed by atoms with Crippen LogP contribution in [-0.4, -0.2) is 27.9 Å². The number of thiophene rings is 1. The average Bonchev–Trinajstić information content (AvgIpc) is 3.41. The van der Waals surface area contributed by atoms with Crippen molar-refractivity contribution >= 4 is 39.2 Å². The van der Waals surface area contributed by atoms with Crippen LogP contribution in [0.2, 0.25) is 0 Å². The molecule has 0 unspecified atom stereocenters. The Bertz CT molecular complexity index is 1070. The molecule has 0 radical (unpaired) electrons. The second kappa shape index (κ2) is 7.25.